The number of fused-ring (bicyclic) bond motifs is 2. The summed E-state index contributed by atoms with van der Waals surface area (Å²) in [5.74, 6) is 0.692. The number of halogens is 1. The zero-order chi connectivity index (χ0) is 23.9. The Kier molecular flexibility index (Phi) is 5.54. The summed E-state index contributed by atoms with van der Waals surface area (Å²) in [5.41, 5.74) is 6.49. The van der Waals surface area contributed by atoms with Crippen LogP contribution in [-0.2, 0) is 11.2 Å². The average Bonchev–Trinajstić information content (AvgIpc) is 3.49. The normalized spacial score (nSPS) is 15.9. The topological polar surface area (TPSA) is 77.8 Å². The summed E-state index contributed by atoms with van der Waals surface area (Å²) in [7, 11) is 0. The fourth-order valence-corrected chi connectivity index (χ4v) is 5.12. The van der Waals surface area contributed by atoms with Crippen LogP contribution < -0.4 is 15.5 Å². The van der Waals surface area contributed by atoms with Crippen LogP contribution in [0.2, 0.25) is 5.02 Å². The highest BCUT2D eigenvalue weighted by molar-refractivity contribution is 6.33. The van der Waals surface area contributed by atoms with Gasteiger partial charge in [-0.1, -0.05) is 30.7 Å². The van der Waals surface area contributed by atoms with Gasteiger partial charge in [-0.25, -0.2) is 9.97 Å². The van der Waals surface area contributed by atoms with Gasteiger partial charge in [0.2, 0.25) is 5.91 Å². The average molecular weight is 488 g/mol. The van der Waals surface area contributed by atoms with Crippen molar-refractivity contribution in [1.29, 1.82) is 0 Å². The number of benzene rings is 1. The second kappa shape index (κ2) is 8.87. The number of hydrogen-bond acceptors (Lipinski definition) is 6. The molecule has 6 rings (SSSR count). The summed E-state index contributed by atoms with van der Waals surface area (Å²) in [4.78, 5) is 25.7. The molecular weight excluding hydrogens is 462 g/mol. The van der Waals surface area contributed by atoms with E-state index in [1.54, 1.807) is 6.20 Å². The number of rotatable bonds is 5. The van der Waals surface area contributed by atoms with E-state index < -0.39 is 0 Å². The second-order valence-electron chi connectivity index (χ2n) is 8.96. The molecule has 0 aliphatic carbocycles. The van der Waals surface area contributed by atoms with Crippen LogP contribution in [0.4, 0.5) is 22.9 Å². The molecule has 2 N–H and O–H groups in total. The molecule has 5 heterocycles. The number of imidazole rings is 1. The van der Waals surface area contributed by atoms with Crippen LogP contribution >= 0.6 is 11.6 Å². The predicted molar refractivity (Wildman–Crippen MR) is 140 cm³/mol. The van der Waals surface area contributed by atoms with Gasteiger partial charge in [0, 0.05) is 62.1 Å². The zero-order valence-electron chi connectivity index (χ0n) is 19.5. The van der Waals surface area contributed by atoms with Gasteiger partial charge in [0.25, 0.3) is 0 Å². The number of carbonyl (C=O) groups is 1. The van der Waals surface area contributed by atoms with E-state index in [1.165, 1.54) is 0 Å². The van der Waals surface area contributed by atoms with Gasteiger partial charge in [0.1, 0.15) is 5.82 Å². The molecule has 0 radical (unpaired) electrons. The Balaban J connectivity index is 1.29. The van der Waals surface area contributed by atoms with Gasteiger partial charge in [-0.05, 0) is 29.8 Å². The van der Waals surface area contributed by atoms with E-state index in [4.69, 9.17) is 11.6 Å². The molecule has 3 aromatic heterocycles. The number of nitrogens with zero attached hydrogens (tertiary/aromatic N) is 5. The van der Waals surface area contributed by atoms with Crippen molar-refractivity contribution in [3.8, 4) is 11.1 Å². The van der Waals surface area contributed by atoms with Crippen molar-refractivity contribution < 1.29 is 4.79 Å². The van der Waals surface area contributed by atoms with E-state index in [0.29, 0.717) is 17.3 Å². The highest BCUT2D eigenvalue weighted by atomic mass is 35.5. The van der Waals surface area contributed by atoms with Crippen molar-refractivity contribution in [2.45, 2.75) is 13.3 Å². The predicted octanol–water partition coefficient (Wildman–Crippen LogP) is 4.43. The molecule has 0 saturated carbocycles. The molecule has 1 fully saturated rings. The Morgan fingerprint density at radius 1 is 1.09 bits per heavy atom. The Bertz CT molecular complexity index is 1420. The van der Waals surface area contributed by atoms with Crippen molar-refractivity contribution in [2.75, 3.05) is 48.3 Å². The summed E-state index contributed by atoms with van der Waals surface area (Å²) in [5, 5.41) is 7.03. The number of pyridine rings is 2. The molecule has 8 nitrogen and oxygen atoms in total. The lowest BCUT2D eigenvalue weighted by molar-refractivity contribution is -0.115. The van der Waals surface area contributed by atoms with Crippen molar-refractivity contribution in [3.05, 3.63) is 65.7 Å². The molecule has 0 unspecified atom stereocenters. The minimum atomic E-state index is 0.0308. The number of carbonyl (C=O) groups excluding carboxylic acids is 1. The molecule has 1 saturated heterocycles. The zero-order valence-corrected chi connectivity index (χ0v) is 20.2. The van der Waals surface area contributed by atoms with Gasteiger partial charge in [0.05, 0.1) is 29.0 Å². The fourth-order valence-electron chi connectivity index (χ4n) is 4.84. The third-order valence-electron chi connectivity index (χ3n) is 6.81. The van der Waals surface area contributed by atoms with Crippen molar-refractivity contribution in [1.82, 2.24) is 19.3 Å². The number of nitrogens with one attached hydrogen (secondary N) is 2. The van der Waals surface area contributed by atoms with Crippen LogP contribution in [0.3, 0.4) is 0 Å². The monoisotopic (exact) mass is 487 g/mol. The fraction of sp³-hybridized carbons (Fsp3) is 0.269. The maximum atomic E-state index is 11.8. The van der Waals surface area contributed by atoms with Gasteiger partial charge >= 0.3 is 0 Å². The quantitative estimate of drug-likeness (QED) is 0.433. The van der Waals surface area contributed by atoms with Crippen LogP contribution in [0.15, 0.2) is 55.1 Å². The van der Waals surface area contributed by atoms with E-state index >= 15 is 0 Å². The molecule has 0 spiro atoms. The van der Waals surface area contributed by atoms with Gasteiger partial charge in [-0.2, -0.15) is 0 Å². The number of anilines is 4. The Morgan fingerprint density at radius 3 is 2.74 bits per heavy atom. The molecule has 4 aromatic rings. The molecule has 35 heavy (non-hydrogen) atoms. The molecule has 178 valence electrons. The van der Waals surface area contributed by atoms with Crippen LogP contribution in [0.1, 0.15) is 12.5 Å². The first kappa shape index (κ1) is 21.9. The highest BCUT2D eigenvalue weighted by Gasteiger charge is 2.20. The summed E-state index contributed by atoms with van der Waals surface area (Å²) in [6.45, 7) is 7.22. The highest BCUT2D eigenvalue weighted by Crippen LogP contribution is 2.34. The molecule has 2 aliphatic rings. The SMILES string of the molecule is CCN1CCN(c2cnc(Nc3cc(-c4ccc5c(c4)NC(=O)C5)cn4ccnc34)cc2Cl)CC1. The van der Waals surface area contributed by atoms with Crippen molar-refractivity contribution >= 4 is 46.0 Å². The summed E-state index contributed by atoms with van der Waals surface area (Å²) < 4.78 is 1.98. The van der Waals surface area contributed by atoms with Crippen LogP contribution in [0.25, 0.3) is 16.8 Å². The maximum absolute atomic E-state index is 11.8. The van der Waals surface area contributed by atoms with Crippen LogP contribution in [0.5, 0.6) is 0 Å². The van der Waals surface area contributed by atoms with E-state index in [0.717, 1.165) is 72.1 Å². The van der Waals surface area contributed by atoms with Crippen molar-refractivity contribution in [2.24, 2.45) is 0 Å². The minimum absolute atomic E-state index is 0.0308. The smallest absolute Gasteiger partial charge is 0.228 e. The number of aromatic nitrogens is 3. The minimum Gasteiger partial charge on any atom is -0.367 e. The maximum Gasteiger partial charge on any atom is 0.228 e. The third kappa shape index (κ3) is 4.19. The Hall–Kier alpha value is -3.62. The lowest BCUT2D eigenvalue weighted by Crippen LogP contribution is -2.46. The first-order valence-electron chi connectivity index (χ1n) is 11.9. The molecular formula is C26H26ClN7O. The molecule has 1 amide bonds. The summed E-state index contributed by atoms with van der Waals surface area (Å²) in [6, 6.07) is 10.00. The largest absolute Gasteiger partial charge is 0.367 e. The van der Waals surface area contributed by atoms with E-state index in [9.17, 15) is 4.79 Å². The van der Waals surface area contributed by atoms with Gasteiger partial charge in [-0.3, -0.25) is 4.79 Å². The Labute approximate surface area is 208 Å². The third-order valence-corrected chi connectivity index (χ3v) is 7.12. The molecule has 0 atom stereocenters. The molecule has 1 aromatic carbocycles. The van der Waals surface area contributed by atoms with E-state index in [2.05, 4.69) is 37.3 Å². The first-order valence-corrected chi connectivity index (χ1v) is 12.2. The number of piperazine rings is 1. The van der Waals surface area contributed by atoms with E-state index in [1.807, 2.05) is 53.3 Å². The molecule has 0 bridgehead atoms. The van der Waals surface area contributed by atoms with Gasteiger partial charge in [0.15, 0.2) is 5.65 Å². The number of amides is 1. The van der Waals surface area contributed by atoms with Crippen LogP contribution in [-0.4, -0.2) is 57.9 Å². The lowest BCUT2D eigenvalue weighted by Gasteiger charge is -2.35. The first-order chi connectivity index (χ1) is 17.1. The lowest BCUT2D eigenvalue weighted by atomic mass is 10.0. The molecule has 9 heteroatoms. The number of likely N-dealkylation sites (N-methyl/N-ethyl adjacent to an activating group) is 1. The summed E-state index contributed by atoms with van der Waals surface area (Å²) >= 11 is 6.70. The summed E-state index contributed by atoms with van der Waals surface area (Å²) in [6.07, 6.45) is 8.00. The standard InChI is InChI=1S/C26H26ClN7O/c1-2-32-7-9-33(10-8-32)23-15-29-24(14-20(23)27)30-22-12-19(16-34-6-5-28-26(22)34)17-3-4-18-13-25(35)31-21(18)11-17/h3-6,11-12,14-16H,2,7-10,13H2,1H3,(H,29,30)(H,31,35). The Morgan fingerprint density at radius 2 is 1.94 bits per heavy atom. The number of hydrogen-bond donors (Lipinski definition) is 2. The second-order valence-corrected chi connectivity index (χ2v) is 9.37. The van der Waals surface area contributed by atoms with Crippen LogP contribution in [0, 0.1) is 0 Å². The van der Waals surface area contributed by atoms with Crippen molar-refractivity contribution in [3.63, 3.8) is 0 Å². The van der Waals surface area contributed by atoms with Gasteiger partial charge < -0.3 is 24.8 Å². The molecule has 2 aliphatic heterocycles. The van der Waals surface area contributed by atoms with E-state index in [-0.39, 0.29) is 5.91 Å². The van der Waals surface area contributed by atoms with Gasteiger partial charge in [-0.15, -0.1) is 0 Å².